The molecule has 0 saturated heterocycles. The summed E-state index contributed by atoms with van der Waals surface area (Å²) in [6.07, 6.45) is 2.16. The molecule has 1 aliphatic carbocycles. The standard InChI is InChI=1S/C27H27N5O2/c1-16(18-9-5-4-6-10-18)28-26(33)20-11-7-8-12-22(20)30-27(34)21-15-23(19-13-14-19)29-25-24(21)17(2)31-32(25)3/h4-12,15-16,19H,13-14H2,1-3H3,(H,28,33)(H,30,34)/t16-/m0/s1. The number of nitrogens with one attached hydrogen (secondary N) is 2. The molecule has 4 aromatic rings. The summed E-state index contributed by atoms with van der Waals surface area (Å²) in [5.41, 5.74) is 4.79. The summed E-state index contributed by atoms with van der Waals surface area (Å²) < 4.78 is 1.72. The Labute approximate surface area is 198 Å². The van der Waals surface area contributed by atoms with Crippen molar-refractivity contribution in [2.24, 2.45) is 7.05 Å². The van der Waals surface area contributed by atoms with E-state index in [2.05, 4.69) is 15.7 Å². The molecule has 1 saturated carbocycles. The maximum Gasteiger partial charge on any atom is 0.256 e. The average Bonchev–Trinajstić information content (AvgIpc) is 3.65. The van der Waals surface area contributed by atoms with Crippen molar-refractivity contribution in [1.29, 1.82) is 0 Å². The lowest BCUT2D eigenvalue weighted by atomic mass is 10.1. The van der Waals surface area contributed by atoms with Crippen LogP contribution in [0.4, 0.5) is 5.69 Å². The topological polar surface area (TPSA) is 88.9 Å². The van der Waals surface area contributed by atoms with Crippen molar-refractivity contribution in [3.8, 4) is 0 Å². The molecule has 5 rings (SSSR count). The molecule has 2 aromatic carbocycles. The number of pyridine rings is 1. The van der Waals surface area contributed by atoms with Crippen LogP contribution in [-0.2, 0) is 7.05 Å². The highest BCUT2D eigenvalue weighted by Gasteiger charge is 2.29. The molecule has 2 aromatic heterocycles. The Morgan fingerprint density at radius 1 is 1.00 bits per heavy atom. The smallest absolute Gasteiger partial charge is 0.256 e. The summed E-state index contributed by atoms with van der Waals surface area (Å²) in [4.78, 5) is 31.4. The molecule has 2 N–H and O–H groups in total. The number of fused-ring (bicyclic) bond motifs is 1. The molecule has 1 fully saturated rings. The van der Waals surface area contributed by atoms with Gasteiger partial charge in [-0.1, -0.05) is 42.5 Å². The molecule has 7 nitrogen and oxygen atoms in total. The lowest BCUT2D eigenvalue weighted by Gasteiger charge is -2.17. The highest BCUT2D eigenvalue weighted by molar-refractivity contribution is 6.14. The number of nitrogens with zero attached hydrogens (tertiary/aromatic N) is 3. The van der Waals surface area contributed by atoms with Gasteiger partial charge >= 0.3 is 0 Å². The van der Waals surface area contributed by atoms with Gasteiger partial charge in [0.1, 0.15) is 0 Å². The molecule has 0 radical (unpaired) electrons. The molecule has 0 unspecified atom stereocenters. The van der Waals surface area contributed by atoms with Gasteiger partial charge in [-0.25, -0.2) is 4.98 Å². The van der Waals surface area contributed by atoms with E-state index in [1.807, 2.05) is 57.3 Å². The van der Waals surface area contributed by atoms with Crippen molar-refractivity contribution in [3.05, 3.63) is 88.7 Å². The van der Waals surface area contributed by atoms with Gasteiger partial charge < -0.3 is 10.6 Å². The fourth-order valence-electron chi connectivity index (χ4n) is 4.31. The van der Waals surface area contributed by atoms with Crippen LogP contribution in [0, 0.1) is 6.92 Å². The first-order valence-corrected chi connectivity index (χ1v) is 11.5. The summed E-state index contributed by atoms with van der Waals surface area (Å²) >= 11 is 0. The third kappa shape index (κ3) is 4.17. The Bertz CT molecular complexity index is 1390. The third-order valence-corrected chi connectivity index (χ3v) is 6.30. The number of aromatic nitrogens is 3. The number of aryl methyl sites for hydroxylation is 2. The Hall–Kier alpha value is -4.00. The molecule has 34 heavy (non-hydrogen) atoms. The van der Waals surface area contributed by atoms with Crippen molar-refractivity contribution in [2.75, 3.05) is 5.32 Å². The van der Waals surface area contributed by atoms with E-state index in [0.29, 0.717) is 28.4 Å². The second-order valence-corrected chi connectivity index (χ2v) is 8.88. The molecule has 0 bridgehead atoms. The summed E-state index contributed by atoms with van der Waals surface area (Å²) in [5.74, 6) is -0.131. The van der Waals surface area contributed by atoms with Crippen LogP contribution in [0.5, 0.6) is 0 Å². The van der Waals surface area contributed by atoms with Crippen LogP contribution in [0.25, 0.3) is 11.0 Å². The van der Waals surface area contributed by atoms with Gasteiger partial charge in [-0.3, -0.25) is 14.3 Å². The number of carbonyl (C=O) groups excluding carboxylic acids is 2. The van der Waals surface area contributed by atoms with E-state index in [4.69, 9.17) is 4.98 Å². The van der Waals surface area contributed by atoms with E-state index in [0.717, 1.165) is 35.2 Å². The molecule has 0 spiro atoms. The lowest BCUT2D eigenvalue weighted by molar-refractivity contribution is 0.0940. The van der Waals surface area contributed by atoms with Crippen LogP contribution in [0.2, 0.25) is 0 Å². The maximum absolute atomic E-state index is 13.5. The highest BCUT2D eigenvalue weighted by Crippen LogP contribution is 2.40. The molecule has 1 atom stereocenters. The average molecular weight is 454 g/mol. The van der Waals surface area contributed by atoms with Crippen LogP contribution in [0.3, 0.4) is 0 Å². The van der Waals surface area contributed by atoms with Crippen molar-refractivity contribution in [1.82, 2.24) is 20.1 Å². The maximum atomic E-state index is 13.5. The fraction of sp³-hybridized carbons (Fsp3) is 0.259. The van der Waals surface area contributed by atoms with Crippen LogP contribution in [-0.4, -0.2) is 26.6 Å². The first-order chi connectivity index (χ1) is 16.4. The van der Waals surface area contributed by atoms with E-state index in [1.54, 1.807) is 28.9 Å². The Kier molecular flexibility index (Phi) is 5.61. The second-order valence-electron chi connectivity index (χ2n) is 8.88. The predicted molar refractivity (Wildman–Crippen MR) is 132 cm³/mol. The Morgan fingerprint density at radius 2 is 1.71 bits per heavy atom. The first-order valence-electron chi connectivity index (χ1n) is 11.5. The lowest BCUT2D eigenvalue weighted by Crippen LogP contribution is -2.28. The van der Waals surface area contributed by atoms with Crippen molar-refractivity contribution < 1.29 is 9.59 Å². The molecule has 0 aliphatic heterocycles. The van der Waals surface area contributed by atoms with Crippen molar-refractivity contribution in [2.45, 2.75) is 38.6 Å². The van der Waals surface area contributed by atoms with Crippen molar-refractivity contribution in [3.63, 3.8) is 0 Å². The number of hydrogen-bond donors (Lipinski definition) is 2. The number of benzene rings is 2. The minimum atomic E-state index is -0.276. The van der Waals surface area contributed by atoms with Gasteiger partial charge in [0, 0.05) is 18.7 Å². The van der Waals surface area contributed by atoms with Crippen LogP contribution in [0.15, 0.2) is 60.7 Å². The fourth-order valence-corrected chi connectivity index (χ4v) is 4.31. The predicted octanol–water partition coefficient (Wildman–Crippen LogP) is 4.90. The summed E-state index contributed by atoms with van der Waals surface area (Å²) in [7, 11) is 1.84. The number of para-hydroxylation sites is 1. The van der Waals surface area contributed by atoms with E-state index >= 15 is 0 Å². The minimum absolute atomic E-state index is 0.170. The van der Waals surface area contributed by atoms with Crippen molar-refractivity contribution >= 4 is 28.5 Å². The molecule has 1 aliphatic rings. The number of hydrogen-bond acceptors (Lipinski definition) is 4. The van der Waals surface area contributed by atoms with E-state index in [1.165, 1.54) is 0 Å². The Balaban J connectivity index is 1.44. The van der Waals surface area contributed by atoms with Crippen LogP contribution in [0.1, 0.15) is 69.4 Å². The SMILES string of the molecule is Cc1nn(C)c2nc(C3CC3)cc(C(=O)Nc3ccccc3C(=O)N[C@@H](C)c3ccccc3)c12. The Morgan fingerprint density at radius 3 is 2.44 bits per heavy atom. The zero-order chi connectivity index (χ0) is 23.8. The minimum Gasteiger partial charge on any atom is -0.345 e. The number of carbonyl (C=O) groups is 2. The van der Waals surface area contributed by atoms with Gasteiger partial charge in [-0.2, -0.15) is 5.10 Å². The molecular weight excluding hydrogens is 426 g/mol. The molecular formula is C27H27N5O2. The molecule has 2 heterocycles. The summed E-state index contributed by atoms with van der Waals surface area (Å²) in [5, 5.41) is 11.2. The monoisotopic (exact) mass is 453 g/mol. The zero-order valence-corrected chi connectivity index (χ0v) is 19.5. The third-order valence-electron chi connectivity index (χ3n) is 6.30. The van der Waals surface area contributed by atoms with Gasteiger partial charge in [-0.05, 0) is 50.5 Å². The first kappa shape index (κ1) is 21.8. The number of anilines is 1. The number of rotatable bonds is 6. The largest absolute Gasteiger partial charge is 0.345 e. The zero-order valence-electron chi connectivity index (χ0n) is 19.5. The van der Waals surface area contributed by atoms with Gasteiger partial charge in [0.15, 0.2) is 5.65 Å². The van der Waals surface area contributed by atoms with E-state index in [9.17, 15) is 9.59 Å². The highest BCUT2D eigenvalue weighted by atomic mass is 16.2. The van der Waals surface area contributed by atoms with Gasteiger partial charge in [0.25, 0.3) is 11.8 Å². The molecule has 2 amide bonds. The van der Waals surface area contributed by atoms with Gasteiger partial charge in [0.05, 0.1) is 33.9 Å². The van der Waals surface area contributed by atoms with E-state index in [-0.39, 0.29) is 17.9 Å². The normalized spacial score (nSPS) is 14.1. The second kappa shape index (κ2) is 8.74. The van der Waals surface area contributed by atoms with Crippen LogP contribution >= 0.6 is 0 Å². The summed E-state index contributed by atoms with van der Waals surface area (Å²) in [6.45, 7) is 3.82. The van der Waals surface area contributed by atoms with Gasteiger partial charge in [0.2, 0.25) is 0 Å². The number of amides is 2. The van der Waals surface area contributed by atoms with E-state index < -0.39 is 0 Å². The van der Waals surface area contributed by atoms with Crippen LogP contribution < -0.4 is 10.6 Å². The summed E-state index contributed by atoms with van der Waals surface area (Å²) in [6, 6.07) is 18.5. The molecule has 172 valence electrons. The quantitative estimate of drug-likeness (QED) is 0.435. The molecule has 7 heteroatoms. The van der Waals surface area contributed by atoms with Gasteiger partial charge in [-0.15, -0.1) is 0 Å².